The lowest BCUT2D eigenvalue weighted by atomic mass is 9.67. The molecule has 0 unspecified atom stereocenters. The van der Waals surface area contributed by atoms with Crippen molar-refractivity contribution in [1.29, 1.82) is 0 Å². The normalized spacial score (nSPS) is 12.6. The third-order valence-electron chi connectivity index (χ3n) is 13.0. The first kappa shape index (κ1) is 36.6. The van der Waals surface area contributed by atoms with Gasteiger partial charge in [-0.05, 0) is 127 Å². The van der Waals surface area contributed by atoms with Gasteiger partial charge in [0.25, 0.3) is 0 Å². The van der Waals surface area contributed by atoms with Crippen LogP contribution in [-0.2, 0) is 5.41 Å². The summed E-state index contributed by atoms with van der Waals surface area (Å²) in [6.07, 6.45) is 0. The first-order valence-electron chi connectivity index (χ1n) is 21.7. The second-order valence-corrected chi connectivity index (χ2v) is 16.4. The molecular weight excluding hydrogens is 763 g/mol. The van der Waals surface area contributed by atoms with Crippen molar-refractivity contribution < 1.29 is 4.42 Å². The summed E-state index contributed by atoms with van der Waals surface area (Å²) in [6.45, 7) is 0. The summed E-state index contributed by atoms with van der Waals surface area (Å²) >= 11 is 0. The van der Waals surface area contributed by atoms with Gasteiger partial charge in [0.05, 0.1) is 5.41 Å². The molecule has 12 rings (SSSR count). The number of nitrogens with zero attached hydrogens (tertiary/aromatic N) is 1. The summed E-state index contributed by atoms with van der Waals surface area (Å²) in [7, 11) is 0. The summed E-state index contributed by atoms with van der Waals surface area (Å²) in [5.41, 5.74) is 19.5. The molecule has 0 atom stereocenters. The lowest BCUT2D eigenvalue weighted by molar-refractivity contribution is 0.669. The van der Waals surface area contributed by atoms with Gasteiger partial charge in [-0.2, -0.15) is 0 Å². The van der Waals surface area contributed by atoms with E-state index in [0.717, 1.165) is 55.7 Å². The van der Waals surface area contributed by atoms with Crippen molar-refractivity contribution in [2.24, 2.45) is 0 Å². The fourth-order valence-electron chi connectivity index (χ4n) is 10.0. The van der Waals surface area contributed by atoms with Crippen molar-refractivity contribution in [1.82, 2.24) is 0 Å². The molecule has 0 radical (unpaired) electrons. The molecule has 10 aromatic carbocycles. The first-order valence-corrected chi connectivity index (χ1v) is 21.7. The summed E-state index contributed by atoms with van der Waals surface area (Å²) in [5, 5.41) is 2.28. The zero-order valence-electron chi connectivity index (χ0n) is 34.5. The Morgan fingerprint density at radius 2 is 0.778 bits per heavy atom. The number of benzene rings is 10. The summed E-state index contributed by atoms with van der Waals surface area (Å²) < 4.78 is 6.22. The molecule has 1 aliphatic carbocycles. The number of rotatable bonds is 8. The third kappa shape index (κ3) is 6.10. The molecule has 0 fully saturated rings. The van der Waals surface area contributed by atoms with E-state index in [0.29, 0.717) is 0 Å². The molecule has 1 aliphatic rings. The van der Waals surface area contributed by atoms with Crippen LogP contribution in [0.3, 0.4) is 0 Å². The van der Waals surface area contributed by atoms with Crippen molar-refractivity contribution in [2.45, 2.75) is 5.41 Å². The molecule has 2 nitrogen and oxygen atoms in total. The van der Waals surface area contributed by atoms with Crippen LogP contribution in [0.25, 0.3) is 66.4 Å². The van der Waals surface area contributed by atoms with Crippen LogP contribution in [-0.4, -0.2) is 0 Å². The largest absolute Gasteiger partial charge is 0.456 e. The van der Waals surface area contributed by atoms with Crippen LogP contribution in [0.15, 0.2) is 253 Å². The highest BCUT2D eigenvalue weighted by Crippen LogP contribution is 2.56. The zero-order chi connectivity index (χ0) is 41.7. The predicted molar refractivity (Wildman–Crippen MR) is 262 cm³/mol. The van der Waals surface area contributed by atoms with Crippen LogP contribution in [0.4, 0.5) is 17.1 Å². The van der Waals surface area contributed by atoms with Crippen molar-refractivity contribution >= 4 is 39.0 Å². The monoisotopic (exact) mass is 803 g/mol. The van der Waals surface area contributed by atoms with E-state index in [9.17, 15) is 0 Å². The molecule has 2 heteroatoms. The minimum atomic E-state index is -0.400. The highest BCUT2D eigenvalue weighted by atomic mass is 16.3. The molecular formula is C61H41NO. The number of anilines is 3. The Labute approximate surface area is 367 Å². The minimum Gasteiger partial charge on any atom is -0.456 e. The van der Waals surface area contributed by atoms with E-state index in [2.05, 4.69) is 241 Å². The summed E-state index contributed by atoms with van der Waals surface area (Å²) in [6, 6.07) is 90.1. The third-order valence-corrected chi connectivity index (χ3v) is 13.0. The number of hydrogen-bond acceptors (Lipinski definition) is 2. The summed E-state index contributed by atoms with van der Waals surface area (Å²) in [5.74, 6) is 0. The van der Waals surface area contributed by atoms with Gasteiger partial charge in [-0.15, -0.1) is 0 Å². The molecule has 0 amide bonds. The van der Waals surface area contributed by atoms with Gasteiger partial charge in [-0.1, -0.05) is 188 Å². The molecule has 0 saturated heterocycles. The van der Waals surface area contributed by atoms with E-state index in [-0.39, 0.29) is 0 Å². The van der Waals surface area contributed by atoms with Gasteiger partial charge in [0.15, 0.2) is 0 Å². The standard InChI is InChI=1S/C61H41NO/c1-4-16-48(17-5-1)61(49-18-6-2-7-19-49)57-25-12-10-23-53(57)56-40-46(34-38-58(56)61)43-29-27-42(28-30-43)45-15-14-22-52(39-45)62(50-20-8-3-9-21-50)51-35-31-44(32-36-51)47-33-37-55-54-24-11-13-26-59(54)63-60(55)41-47/h1-41H. The Hall–Kier alpha value is -8.20. The smallest absolute Gasteiger partial charge is 0.136 e. The molecule has 11 aromatic rings. The van der Waals surface area contributed by atoms with Crippen molar-refractivity contribution in [3.63, 3.8) is 0 Å². The second kappa shape index (κ2) is 15.1. The van der Waals surface area contributed by atoms with Gasteiger partial charge >= 0.3 is 0 Å². The van der Waals surface area contributed by atoms with Crippen LogP contribution in [0.2, 0.25) is 0 Å². The Morgan fingerprint density at radius 1 is 0.286 bits per heavy atom. The average molecular weight is 804 g/mol. The van der Waals surface area contributed by atoms with Crippen LogP contribution in [0.1, 0.15) is 22.3 Å². The van der Waals surface area contributed by atoms with Gasteiger partial charge in [0.1, 0.15) is 11.2 Å². The van der Waals surface area contributed by atoms with Crippen molar-refractivity contribution in [3.05, 3.63) is 271 Å². The minimum absolute atomic E-state index is 0.400. The van der Waals surface area contributed by atoms with E-state index in [1.807, 2.05) is 12.1 Å². The maximum Gasteiger partial charge on any atom is 0.136 e. The Kier molecular flexibility index (Phi) is 8.76. The Balaban J connectivity index is 0.873. The topological polar surface area (TPSA) is 16.4 Å². The number of hydrogen-bond donors (Lipinski definition) is 0. The lowest BCUT2D eigenvalue weighted by Gasteiger charge is -2.33. The SMILES string of the molecule is c1ccc(N(c2ccc(-c3ccc4c(c3)oc3ccccc34)cc2)c2cccc(-c3ccc(-c4ccc5c(c4)-c4ccccc4C5(c4ccccc4)c4ccccc4)cc3)c2)cc1. The van der Waals surface area contributed by atoms with Gasteiger partial charge in [-0.25, -0.2) is 0 Å². The van der Waals surface area contributed by atoms with Crippen LogP contribution in [0, 0.1) is 0 Å². The van der Waals surface area contributed by atoms with Crippen LogP contribution < -0.4 is 4.90 Å². The zero-order valence-corrected chi connectivity index (χ0v) is 34.5. The van der Waals surface area contributed by atoms with E-state index in [1.54, 1.807) is 0 Å². The average Bonchev–Trinajstić information content (AvgIpc) is 3.88. The lowest BCUT2D eigenvalue weighted by Crippen LogP contribution is -2.28. The molecule has 1 aromatic heterocycles. The van der Waals surface area contributed by atoms with Crippen LogP contribution >= 0.6 is 0 Å². The predicted octanol–water partition coefficient (Wildman–Crippen LogP) is 16.4. The number of para-hydroxylation sites is 2. The van der Waals surface area contributed by atoms with Crippen molar-refractivity contribution in [2.75, 3.05) is 4.90 Å². The molecule has 0 bridgehead atoms. The van der Waals surface area contributed by atoms with E-state index < -0.39 is 5.41 Å². The van der Waals surface area contributed by atoms with Gasteiger partial charge < -0.3 is 9.32 Å². The van der Waals surface area contributed by atoms with E-state index >= 15 is 0 Å². The maximum absolute atomic E-state index is 6.22. The maximum atomic E-state index is 6.22. The van der Waals surface area contributed by atoms with E-state index in [4.69, 9.17) is 4.42 Å². The fraction of sp³-hybridized carbons (Fsp3) is 0.0164. The quantitative estimate of drug-likeness (QED) is 0.152. The molecule has 0 N–H and O–H groups in total. The van der Waals surface area contributed by atoms with Gasteiger partial charge in [0, 0.05) is 27.8 Å². The van der Waals surface area contributed by atoms with Gasteiger partial charge in [-0.3, -0.25) is 0 Å². The van der Waals surface area contributed by atoms with E-state index in [1.165, 1.54) is 50.1 Å². The number of furan rings is 1. The van der Waals surface area contributed by atoms with Crippen LogP contribution in [0.5, 0.6) is 0 Å². The molecule has 63 heavy (non-hydrogen) atoms. The molecule has 1 heterocycles. The molecule has 0 spiro atoms. The number of fused-ring (bicyclic) bond motifs is 6. The summed E-state index contributed by atoms with van der Waals surface area (Å²) in [4.78, 5) is 2.33. The fourth-order valence-corrected chi connectivity index (χ4v) is 10.0. The Morgan fingerprint density at radius 3 is 1.49 bits per heavy atom. The second-order valence-electron chi connectivity index (χ2n) is 16.4. The highest BCUT2D eigenvalue weighted by Gasteiger charge is 2.45. The molecule has 0 aliphatic heterocycles. The Bertz CT molecular complexity index is 3380. The van der Waals surface area contributed by atoms with Gasteiger partial charge in [0.2, 0.25) is 0 Å². The first-order chi connectivity index (χ1) is 31.2. The molecule has 296 valence electrons. The molecule has 0 saturated carbocycles. The van der Waals surface area contributed by atoms with Crippen molar-refractivity contribution in [3.8, 4) is 44.5 Å². The highest BCUT2D eigenvalue weighted by molar-refractivity contribution is 6.06.